The lowest BCUT2D eigenvalue weighted by Gasteiger charge is -2.15. The molecule has 2 aromatic carbocycles. The Bertz CT molecular complexity index is 1320. The number of nitrogens with zero attached hydrogens (tertiary/aromatic N) is 1. The van der Waals surface area contributed by atoms with Crippen LogP contribution < -0.4 is 10.0 Å². The number of hydrogen-bond donors (Lipinski definition) is 2. The Morgan fingerprint density at radius 3 is 2.41 bits per heavy atom. The molecule has 34 heavy (non-hydrogen) atoms. The van der Waals surface area contributed by atoms with E-state index < -0.39 is 28.0 Å². The van der Waals surface area contributed by atoms with Gasteiger partial charge in [-0.3, -0.25) is 4.79 Å². The van der Waals surface area contributed by atoms with Crippen molar-refractivity contribution in [3.8, 4) is 0 Å². The van der Waals surface area contributed by atoms with Gasteiger partial charge in [-0.1, -0.05) is 65.1 Å². The minimum absolute atomic E-state index is 0.0344. The number of esters is 1. The van der Waals surface area contributed by atoms with Crippen LogP contribution in [0.15, 0.2) is 65.7 Å². The first-order valence-electron chi connectivity index (χ1n) is 9.73. The van der Waals surface area contributed by atoms with Crippen molar-refractivity contribution in [2.75, 3.05) is 5.32 Å². The highest BCUT2D eigenvalue weighted by molar-refractivity contribution is 7.89. The zero-order valence-electron chi connectivity index (χ0n) is 17.6. The predicted molar refractivity (Wildman–Crippen MR) is 130 cm³/mol. The molecular formula is C22H18Cl3N3O5S. The second-order valence-electron chi connectivity index (χ2n) is 6.98. The highest BCUT2D eigenvalue weighted by Gasteiger charge is 2.24. The zero-order valence-corrected chi connectivity index (χ0v) is 20.7. The van der Waals surface area contributed by atoms with Gasteiger partial charge >= 0.3 is 5.97 Å². The van der Waals surface area contributed by atoms with E-state index in [1.807, 2.05) is 6.07 Å². The smallest absolute Gasteiger partial charge is 0.338 e. The normalized spacial score (nSPS) is 12.1. The summed E-state index contributed by atoms with van der Waals surface area (Å²) in [5.41, 5.74) is 0.639. The lowest BCUT2D eigenvalue weighted by molar-refractivity contribution is -0.123. The number of sulfonamides is 1. The van der Waals surface area contributed by atoms with E-state index >= 15 is 0 Å². The minimum Gasteiger partial charge on any atom is -0.449 e. The molecule has 178 valence electrons. The second-order valence-corrected chi connectivity index (χ2v) is 9.96. The summed E-state index contributed by atoms with van der Waals surface area (Å²) in [6.45, 7) is 1.37. The molecule has 0 aliphatic rings. The van der Waals surface area contributed by atoms with Gasteiger partial charge in [0.1, 0.15) is 4.90 Å². The number of halogens is 3. The monoisotopic (exact) mass is 541 g/mol. The van der Waals surface area contributed by atoms with E-state index in [4.69, 9.17) is 39.5 Å². The number of rotatable bonds is 8. The summed E-state index contributed by atoms with van der Waals surface area (Å²) < 4.78 is 33.1. The number of hydrogen-bond acceptors (Lipinski definition) is 6. The molecule has 3 rings (SSSR count). The van der Waals surface area contributed by atoms with Gasteiger partial charge in [-0.05, 0) is 36.8 Å². The van der Waals surface area contributed by atoms with Gasteiger partial charge in [0.2, 0.25) is 10.0 Å². The van der Waals surface area contributed by atoms with E-state index in [9.17, 15) is 18.0 Å². The third-order valence-electron chi connectivity index (χ3n) is 4.47. The van der Waals surface area contributed by atoms with Crippen molar-refractivity contribution < 1.29 is 22.7 Å². The first-order valence-corrected chi connectivity index (χ1v) is 12.3. The van der Waals surface area contributed by atoms with E-state index in [2.05, 4.69) is 15.0 Å². The summed E-state index contributed by atoms with van der Waals surface area (Å²) in [5.74, 6) is -1.58. The number of carbonyl (C=O) groups is 2. The molecule has 0 radical (unpaired) electrons. The van der Waals surface area contributed by atoms with Gasteiger partial charge in [0.15, 0.2) is 11.9 Å². The molecule has 3 aromatic rings. The van der Waals surface area contributed by atoms with Crippen molar-refractivity contribution >= 4 is 62.5 Å². The van der Waals surface area contributed by atoms with Gasteiger partial charge in [-0.25, -0.2) is 22.9 Å². The average Bonchev–Trinajstić information content (AvgIpc) is 2.80. The van der Waals surface area contributed by atoms with Gasteiger partial charge in [0.25, 0.3) is 5.91 Å². The molecule has 8 nitrogen and oxygen atoms in total. The number of nitrogens with one attached hydrogen (secondary N) is 2. The summed E-state index contributed by atoms with van der Waals surface area (Å²) in [4.78, 5) is 28.5. The summed E-state index contributed by atoms with van der Waals surface area (Å²) in [5, 5.41) is 2.74. The Morgan fingerprint density at radius 2 is 1.74 bits per heavy atom. The third kappa shape index (κ3) is 6.68. The molecule has 0 aliphatic carbocycles. The Hall–Kier alpha value is -2.69. The third-order valence-corrected chi connectivity index (χ3v) is 6.85. The van der Waals surface area contributed by atoms with Gasteiger partial charge in [-0.2, -0.15) is 0 Å². The Morgan fingerprint density at radius 1 is 1.03 bits per heavy atom. The molecule has 0 aliphatic heterocycles. The fraction of sp³-hybridized carbons (Fsp3) is 0.136. The summed E-state index contributed by atoms with van der Waals surface area (Å²) >= 11 is 17.8. The standard InChI is InChI=1S/C22H18Cl3N3O5S/c1-13(21(29)28-20-18(25)10-16(23)12-26-20)33-22(30)15-7-8-17(24)19(9-15)34(31,32)27-11-14-5-3-2-4-6-14/h2-10,12-13,27H,11H2,1H3,(H,26,28,29). The van der Waals surface area contributed by atoms with Gasteiger partial charge in [0, 0.05) is 12.7 Å². The molecular weight excluding hydrogens is 525 g/mol. The average molecular weight is 543 g/mol. The van der Waals surface area contributed by atoms with Gasteiger partial charge in [0.05, 0.1) is 20.6 Å². The fourth-order valence-corrected chi connectivity index (χ4v) is 4.66. The van der Waals surface area contributed by atoms with Crippen LogP contribution in [0.4, 0.5) is 5.82 Å². The van der Waals surface area contributed by atoms with E-state index in [0.717, 1.165) is 11.6 Å². The zero-order chi connectivity index (χ0) is 24.9. The van der Waals surface area contributed by atoms with Crippen molar-refractivity contribution in [2.24, 2.45) is 0 Å². The maximum Gasteiger partial charge on any atom is 0.338 e. The lowest BCUT2D eigenvalue weighted by Crippen LogP contribution is -2.30. The van der Waals surface area contributed by atoms with E-state index in [-0.39, 0.29) is 37.9 Å². The molecule has 0 saturated carbocycles. The number of ether oxygens (including phenoxy) is 1. The first-order chi connectivity index (χ1) is 16.1. The molecule has 2 N–H and O–H groups in total. The predicted octanol–water partition coefficient (Wildman–Crippen LogP) is 4.70. The van der Waals surface area contributed by atoms with Crippen LogP contribution in [0.5, 0.6) is 0 Å². The summed E-state index contributed by atoms with van der Waals surface area (Å²) in [7, 11) is -4.04. The Labute approximate surface area is 211 Å². The van der Waals surface area contributed by atoms with Crippen molar-refractivity contribution in [1.29, 1.82) is 0 Å². The van der Waals surface area contributed by atoms with Gasteiger partial charge in [-0.15, -0.1) is 0 Å². The van der Waals surface area contributed by atoms with Crippen LogP contribution in [0.25, 0.3) is 0 Å². The highest BCUT2D eigenvalue weighted by atomic mass is 35.5. The van der Waals surface area contributed by atoms with E-state index in [0.29, 0.717) is 0 Å². The number of amides is 1. The quantitative estimate of drug-likeness (QED) is 0.399. The second kappa shape index (κ2) is 11.2. The molecule has 1 atom stereocenters. The van der Waals surface area contributed by atoms with Crippen molar-refractivity contribution in [1.82, 2.24) is 9.71 Å². The molecule has 0 saturated heterocycles. The number of aromatic nitrogens is 1. The number of pyridine rings is 1. The number of carbonyl (C=O) groups excluding carboxylic acids is 2. The van der Waals surface area contributed by atoms with Crippen LogP contribution >= 0.6 is 34.8 Å². The highest BCUT2D eigenvalue weighted by Crippen LogP contribution is 2.25. The molecule has 0 fully saturated rings. The van der Waals surface area contributed by atoms with Crippen LogP contribution in [0.1, 0.15) is 22.8 Å². The molecule has 0 spiro atoms. The topological polar surface area (TPSA) is 114 Å². The molecule has 0 bridgehead atoms. The SMILES string of the molecule is CC(OC(=O)c1ccc(Cl)c(S(=O)(=O)NCc2ccccc2)c1)C(=O)Nc1ncc(Cl)cc1Cl. The van der Waals surface area contributed by atoms with Crippen molar-refractivity contribution in [3.05, 3.63) is 87.0 Å². The number of anilines is 1. The maximum absolute atomic E-state index is 12.8. The first kappa shape index (κ1) is 25.9. The minimum atomic E-state index is -4.04. The largest absolute Gasteiger partial charge is 0.449 e. The maximum atomic E-state index is 12.8. The molecule has 1 aromatic heterocycles. The van der Waals surface area contributed by atoms with Crippen LogP contribution in [-0.4, -0.2) is 31.4 Å². The Kier molecular flexibility index (Phi) is 8.51. The molecule has 1 amide bonds. The summed E-state index contributed by atoms with van der Waals surface area (Å²) in [6, 6.07) is 13.9. The lowest BCUT2D eigenvalue weighted by atomic mass is 10.2. The van der Waals surface area contributed by atoms with E-state index in [1.54, 1.807) is 24.3 Å². The fourth-order valence-electron chi connectivity index (χ4n) is 2.70. The molecule has 12 heteroatoms. The number of benzene rings is 2. The Balaban J connectivity index is 1.70. The summed E-state index contributed by atoms with van der Waals surface area (Å²) in [6.07, 6.45) is 0.0503. The van der Waals surface area contributed by atoms with Crippen molar-refractivity contribution in [3.63, 3.8) is 0 Å². The van der Waals surface area contributed by atoms with Crippen LogP contribution in [0.3, 0.4) is 0 Å². The van der Waals surface area contributed by atoms with Crippen LogP contribution in [-0.2, 0) is 26.1 Å². The molecule has 1 unspecified atom stereocenters. The van der Waals surface area contributed by atoms with E-state index in [1.165, 1.54) is 31.3 Å². The molecule has 1 heterocycles. The van der Waals surface area contributed by atoms with Crippen LogP contribution in [0, 0.1) is 0 Å². The van der Waals surface area contributed by atoms with Crippen LogP contribution in [0.2, 0.25) is 15.1 Å². The van der Waals surface area contributed by atoms with Gasteiger partial charge < -0.3 is 10.1 Å². The van der Waals surface area contributed by atoms with Crippen molar-refractivity contribution in [2.45, 2.75) is 24.5 Å².